The van der Waals surface area contributed by atoms with Gasteiger partial charge in [-0.1, -0.05) is 0 Å². The monoisotopic (exact) mass is 475 g/mol. The Hall–Kier alpha value is -3.97. The number of hydrogen-bond acceptors (Lipinski definition) is 6. The van der Waals surface area contributed by atoms with Crippen LogP contribution in [0.5, 0.6) is 5.75 Å². The molecule has 0 radical (unpaired) electrons. The molecule has 0 aliphatic rings. The van der Waals surface area contributed by atoms with Crippen molar-refractivity contribution in [1.82, 2.24) is 15.0 Å². The van der Waals surface area contributed by atoms with Crippen molar-refractivity contribution in [1.29, 1.82) is 0 Å². The van der Waals surface area contributed by atoms with Crippen LogP contribution in [-0.4, -0.2) is 33.6 Å². The zero-order chi connectivity index (χ0) is 24.2. The lowest BCUT2D eigenvalue weighted by atomic mass is 10.2. The first-order valence-corrected chi connectivity index (χ1v) is 8.86. The van der Waals surface area contributed by atoms with Crippen molar-refractivity contribution in [2.24, 2.45) is 0 Å². The number of ether oxygens (including phenoxy) is 1. The van der Waals surface area contributed by atoms with Gasteiger partial charge < -0.3 is 15.4 Å². The fourth-order valence-corrected chi connectivity index (χ4v) is 2.38. The molecule has 7 nitrogen and oxygen atoms in total. The van der Waals surface area contributed by atoms with E-state index in [0.717, 1.165) is 42.7 Å². The number of carbonyl (C=O) groups excluding carboxylic acids is 1. The molecular weight excluding hydrogens is 463 g/mol. The summed E-state index contributed by atoms with van der Waals surface area (Å²) in [6, 6.07) is 5.58. The van der Waals surface area contributed by atoms with E-state index in [0.29, 0.717) is 6.07 Å². The highest BCUT2D eigenvalue weighted by Gasteiger charge is 2.30. The van der Waals surface area contributed by atoms with Crippen molar-refractivity contribution in [2.45, 2.75) is 19.0 Å². The average molecular weight is 475 g/mol. The zero-order valence-corrected chi connectivity index (χ0v) is 16.1. The number of benzene rings is 1. The third-order valence-corrected chi connectivity index (χ3v) is 3.88. The quantitative estimate of drug-likeness (QED) is 0.371. The molecule has 0 aliphatic carbocycles. The molecule has 33 heavy (non-hydrogen) atoms. The van der Waals surface area contributed by atoms with Gasteiger partial charge in [-0.05, 0) is 30.3 Å². The Bertz CT molecular complexity index is 1130. The van der Waals surface area contributed by atoms with Gasteiger partial charge in [0, 0.05) is 18.0 Å². The van der Waals surface area contributed by atoms with Crippen LogP contribution < -0.4 is 15.4 Å². The lowest BCUT2D eigenvalue weighted by Gasteiger charge is -2.14. The summed E-state index contributed by atoms with van der Waals surface area (Å²) in [4.78, 5) is 23.4. The van der Waals surface area contributed by atoms with E-state index in [4.69, 9.17) is 0 Å². The first-order valence-electron chi connectivity index (χ1n) is 8.86. The SMILES string of the molecule is O=C(Nc1cnc(F)cc1OC(F)C(F)F)c1ccnc(Nc2ccc(C(F)(F)F)cc2)n1. The number of carbonyl (C=O) groups is 1. The highest BCUT2D eigenvalue weighted by atomic mass is 19.4. The van der Waals surface area contributed by atoms with E-state index in [9.17, 15) is 35.5 Å². The van der Waals surface area contributed by atoms with E-state index < -0.39 is 47.8 Å². The number of hydrogen-bond donors (Lipinski definition) is 2. The van der Waals surface area contributed by atoms with Crippen LogP contribution in [0.4, 0.5) is 48.1 Å². The molecule has 1 atom stereocenters. The third-order valence-electron chi connectivity index (χ3n) is 3.88. The molecule has 14 heteroatoms. The van der Waals surface area contributed by atoms with Gasteiger partial charge in [-0.2, -0.15) is 22.0 Å². The van der Waals surface area contributed by atoms with Crippen molar-refractivity contribution in [2.75, 3.05) is 10.6 Å². The van der Waals surface area contributed by atoms with Gasteiger partial charge in [0.1, 0.15) is 11.4 Å². The lowest BCUT2D eigenvalue weighted by Crippen LogP contribution is -2.21. The number of anilines is 3. The summed E-state index contributed by atoms with van der Waals surface area (Å²) in [5, 5.41) is 4.78. The van der Waals surface area contributed by atoms with Crippen LogP contribution in [0.25, 0.3) is 0 Å². The van der Waals surface area contributed by atoms with E-state index in [-0.39, 0.29) is 17.3 Å². The molecule has 1 aromatic carbocycles. The van der Waals surface area contributed by atoms with E-state index in [1.165, 1.54) is 0 Å². The molecule has 0 saturated carbocycles. The molecule has 0 spiro atoms. The van der Waals surface area contributed by atoms with Gasteiger partial charge in [0.05, 0.1) is 11.8 Å². The number of alkyl halides is 6. The van der Waals surface area contributed by atoms with E-state index >= 15 is 0 Å². The second kappa shape index (κ2) is 9.67. The largest absolute Gasteiger partial charge is 0.452 e. The minimum Gasteiger partial charge on any atom is -0.452 e. The smallest absolute Gasteiger partial charge is 0.416 e. The van der Waals surface area contributed by atoms with Gasteiger partial charge in [0.25, 0.3) is 12.3 Å². The molecule has 2 N–H and O–H groups in total. The summed E-state index contributed by atoms with van der Waals surface area (Å²) < 4.78 is 93.6. The number of pyridine rings is 1. The van der Waals surface area contributed by atoms with Crippen molar-refractivity contribution in [3.63, 3.8) is 0 Å². The predicted molar refractivity (Wildman–Crippen MR) is 100 cm³/mol. The predicted octanol–water partition coefficient (Wildman–Crippen LogP) is 4.96. The van der Waals surface area contributed by atoms with Crippen LogP contribution in [0.1, 0.15) is 16.1 Å². The number of nitrogens with one attached hydrogen (secondary N) is 2. The number of amides is 1. The number of nitrogens with zero attached hydrogens (tertiary/aromatic N) is 3. The van der Waals surface area contributed by atoms with Gasteiger partial charge in [-0.3, -0.25) is 4.79 Å². The van der Waals surface area contributed by atoms with Crippen LogP contribution in [0, 0.1) is 5.95 Å². The van der Waals surface area contributed by atoms with Crippen molar-refractivity contribution in [3.05, 3.63) is 66.0 Å². The Morgan fingerprint density at radius 2 is 1.73 bits per heavy atom. The van der Waals surface area contributed by atoms with Gasteiger partial charge in [0.15, 0.2) is 5.75 Å². The van der Waals surface area contributed by atoms with Crippen molar-refractivity contribution in [3.8, 4) is 5.75 Å². The molecule has 2 heterocycles. The van der Waals surface area contributed by atoms with E-state index in [2.05, 4.69) is 30.3 Å². The Kier molecular flexibility index (Phi) is 6.94. The van der Waals surface area contributed by atoms with Crippen molar-refractivity contribution < 1.29 is 40.3 Å². The summed E-state index contributed by atoms with van der Waals surface area (Å²) in [6.07, 6.45) is -9.24. The third kappa shape index (κ3) is 6.27. The molecule has 3 rings (SSSR count). The molecule has 3 aromatic rings. The molecule has 2 aromatic heterocycles. The van der Waals surface area contributed by atoms with Crippen LogP contribution >= 0.6 is 0 Å². The standard InChI is InChI=1S/C19H12F7N5O2/c20-14-7-13(33-16(23)15(21)22)12(8-28-14)30-17(32)11-5-6-27-18(31-11)29-10-3-1-9(2-4-10)19(24,25)26/h1-8,15-16H,(H,30,32)(H,27,29,31). The maximum absolute atomic E-state index is 13.3. The molecular formula is C19H12F7N5O2. The highest BCUT2D eigenvalue weighted by molar-refractivity contribution is 6.03. The van der Waals surface area contributed by atoms with E-state index in [1.807, 2.05) is 0 Å². The lowest BCUT2D eigenvalue weighted by molar-refractivity contribution is -0.137. The maximum Gasteiger partial charge on any atom is 0.416 e. The first-order chi connectivity index (χ1) is 15.5. The fraction of sp³-hybridized carbons (Fsp3) is 0.158. The molecule has 0 saturated heterocycles. The Morgan fingerprint density at radius 3 is 2.36 bits per heavy atom. The van der Waals surface area contributed by atoms with Crippen LogP contribution in [0.2, 0.25) is 0 Å². The van der Waals surface area contributed by atoms with E-state index in [1.54, 1.807) is 0 Å². The fourth-order valence-electron chi connectivity index (χ4n) is 2.38. The summed E-state index contributed by atoms with van der Waals surface area (Å²) in [5.74, 6) is -3.01. The maximum atomic E-state index is 13.3. The number of halogens is 7. The number of aromatic nitrogens is 3. The van der Waals surface area contributed by atoms with Crippen molar-refractivity contribution >= 4 is 23.2 Å². The molecule has 1 amide bonds. The van der Waals surface area contributed by atoms with Crippen LogP contribution in [0.3, 0.4) is 0 Å². The Morgan fingerprint density at radius 1 is 1.03 bits per heavy atom. The second-order valence-electron chi connectivity index (χ2n) is 6.23. The molecule has 1 unspecified atom stereocenters. The van der Waals surface area contributed by atoms with Gasteiger partial charge in [-0.25, -0.2) is 23.7 Å². The average Bonchev–Trinajstić information content (AvgIpc) is 2.75. The zero-order valence-electron chi connectivity index (χ0n) is 16.1. The van der Waals surface area contributed by atoms with Crippen LogP contribution in [0.15, 0.2) is 48.8 Å². The van der Waals surface area contributed by atoms with Gasteiger partial charge >= 0.3 is 12.6 Å². The van der Waals surface area contributed by atoms with Gasteiger partial charge in [-0.15, -0.1) is 0 Å². The Labute approximate surface area is 180 Å². The molecule has 174 valence electrons. The topological polar surface area (TPSA) is 89.0 Å². The normalized spacial score (nSPS) is 12.4. The first kappa shape index (κ1) is 23.7. The van der Waals surface area contributed by atoms with Gasteiger partial charge in [0.2, 0.25) is 11.9 Å². The second-order valence-corrected chi connectivity index (χ2v) is 6.23. The van der Waals surface area contributed by atoms with Crippen LogP contribution in [-0.2, 0) is 6.18 Å². The minimum atomic E-state index is -4.51. The molecule has 0 aliphatic heterocycles. The Balaban J connectivity index is 1.75. The molecule has 0 fully saturated rings. The summed E-state index contributed by atoms with van der Waals surface area (Å²) in [5.41, 5.74) is -1.36. The number of rotatable bonds is 7. The summed E-state index contributed by atoms with van der Waals surface area (Å²) in [7, 11) is 0. The summed E-state index contributed by atoms with van der Waals surface area (Å²) in [6.45, 7) is 0. The highest BCUT2D eigenvalue weighted by Crippen LogP contribution is 2.30. The minimum absolute atomic E-state index is 0.155. The molecule has 0 bridgehead atoms. The summed E-state index contributed by atoms with van der Waals surface area (Å²) >= 11 is 0.